The highest BCUT2D eigenvalue weighted by Gasteiger charge is 2.33. The van der Waals surface area contributed by atoms with Crippen LogP contribution in [0.3, 0.4) is 0 Å². The summed E-state index contributed by atoms with van der Waals surface area (Å²) in [4.78, 5) is 14.1. The van der Waals surface area contributed by atoms with E-state index in [1.807, 2.05) is 11.9 Å². The Morgan fingerprint density at radius 1 is 1.24 bits per heavy atom. The van der Waals surface area contributed by atoms with Crippen molar-refractivity contribution < 1.29 is 4.79 Å². The molecule has 0 radical (unpaired) electrons. The van der Waals surface area contributed by atoms with E-state index in [4.69, 9.17) is 5.73 Å². The molecule has 2 fully saturated rings. The first kappa shape index (κ1) is 12.9. The minimum absolute atomic E-state index is 0.193. The number of carbonyl (C=O) groups is 1. The standard InChI is InChI=1S/C14H26N2O/c1-16(11-12-6-2-3-7-12)13(17)10-14(15)8-4-5-9-14/h12H,2-11,15H2,1H3. The summed E-state index contributed by atoms with van der Waals surface area (Å²) in [6, 6.07) is 0. The number of nitrogens with two attached hydrogens (primary N) is 1. The van der Waals surface area contributed by atoms with E-state index >= 15 is 0 Å². The molecule has 0 spiro atoms. The van der Waals surface area contributed by atoms with Gasteiger partial charge in [-0.1, -0.05) is 25.7 Å². The lowest BCUT2D eigenvalue weighted by Crippen LogP contribution is -2.43. The third-order valence-electron chi connectivity index (χ3n) is 4.54. The smallest absolute Gasteiger partial charge is 0.224 e. The van der Waals surface area contributed by atoms with Gasteiger partial charge in [0, 0.05) is 25.6 Å². The second-order valence-electron chi connectivity index (χ2n) is 6.17. The largest absolute Gasteiger partial charge is 0.345 e. The van der Waals surface area contributed by atoms with Gasteiger partial charge in [0.25, 0.3) is 0 Å². The molecule has 0 aliphatic heterocycles. The molecule has 0 unspecified atom stereocenters. The van der Waals surface area contributed by atoms with E-state index in [0.717, 1.165) is 25.3 Å². The first-order valence-electron chi connectivity index (χ1n) is 7.12. The third-order valence-corrected chi connectivity index (χ3v) is 4.54. The Bertz CT molecular complexity index is 265. The van der Waals surface area contributed by atoms with Gasteiger partial charge in [-0.3, -0.25) is 4.79 Å². The van der Waals surface area contributed by atoms with Crippen molar-refractivity contribution in [1.82, 2.24) is 4.90 Å². The molecule has 17 heavy (non-hydrogen) atoms. The Hall–Kier alpha value is -0.570. The maximum Gasteiger partial charge on any atom is 0.224 e. The molecule has 1 amide bonds. The predicted molar refractivity (Wildman–Crippen MR) is 69.6 cm³/mol. The van der Waals surface area contributed by atoms with Crippen molar-refractivity contribution in [2.24, 2.45) is 11.7 Å². The average Bonchev–Trinajstić information content (AvgIpc) is 2.90. The summed E-state index contributed by atoms with van der Waals surface area (Å²) < 4.78 is 0. The first-order chi connectivity index (χ1) is 8.09. The molecule has 0 aromatic carbocycles. The van der Waals surface area contributed by atoms with Crippen LogP contribution in [0.2, 0.25) is 0 Å². The zero-order chi connectivity index (χ0) is 12.3. The molecule has 2 rings (SSSR count). The second kappa shape index (κ2) is 5.38. The van der Waals surface area contributed by atoms with Crippen molar-refractivity contribution in [3.05, 3.63) is 0 Å². The predicted octanol–water partition coefficient (Wildman–Crippen LogP) is 2.30. The van der Waals surface area contributed by atoms with E-state index in [1.54, 1.807) is 0 Å². The van der Waals surface area contributed by atoms with Crippen LogP contribution in [0.1, 0.15) is 57.8 Å². The highest BCUT2D eigenvalue weighted by Crippen LogP contribution is 2.31. The van der Waals surface area contributed by atoms with Crippen molar-refractivity contribution in [3.8, 4) is 0 Å². The zero-order valence-corrected chi connectivity index (χ0v) is 11.1. The lowest BCUT2D eigenvalue weighted by molar-refractivity contribution is -0.131. The number of rotatable bonds is 4. The van der Waals surface area contributed by atoms with Gasteiger partial charge in [0.2, 0.25) is 5.91 Å². The van der Waals surface area contributed by atoms with Gasteiger partial charge in [0.1, 0.15) is 0 Å². The molecule has 0 saturated heterocycles. The number of amides is 1. The van der Waals surface area contributed by atoms with E-state index in [9.17, 15) is 4.79 Å². The lowest BCUT2D eigenvalue weighted by Gasteiger charge is -2.27. The number of hydrogen-bond donors (Lipinski definition) is 1. The summed E-state index contributed by atoms with van der Waals surface area (Å²) >= 11 is 0. The fraction of sp³-hybridized carbons (Fsp3) is 0.929. The van der Waals surface area contributed by atoms with Crippen molar-refractivity contribution >= 4 is 5.91 Å². The highest BCUT2D eigenvalue weighted by molar-refractivity contribution is 5.77. The van der Waals surface area contributed by atoms with Crippen LogP contribution in [0.25, 0.3) is 0 Å². The molecule has 2 aliphatic carbocycles. The summed E-state index contributed by atoms with van der Waals surface area (Å²) in [5.74, 6) is 0.988. The van der Waals surface area contributed by atoms with Crippen LogP contribution in [0.15, 0.2) is 0 Å². The van der Waals surface area contributed by atoms with Gasteiger partial charge in [0.05, 0.1) is 0 Å². The van der Waals surface area contributed by atoms with Crippen LogP contribution in [-0.4, -0.2) is 29.9 Å². The monoisotopic (exact) mass is 238 g/mol. The van der Waals surface area contributed by atoms with Gasteiger partial charge in [-0.05, 0) is 31.6 Å². The van der Waals surface area contributed by atoms with Crippen LogP contribution in [0.5, 0.6) is 0 Å². The van der Waals surface area contributed by atoms with Crippen LogP contribution < -0.4 is 5.73 Å². The number of hydrogen-bond acceptors (Lipinski definition) is 2. The van der Waals surface area contributed by atoms with Crippen molar-refractivity contribution in [3.63, 3.8) is 0 Å². The zero-order valence-electron chi connectivity index (χ0n) is 11.1. The summed E-state index contributed by atoms with van der Waals surface area (Å²) in [6.45, 7) is 0.939. The number of nitrogens with zero attached hydrogens (tertiary/aromatic N) is 1. The SMILES string of the molecule is CN(CC1CCCC1)C(=O)CC1(N)CCCC1. The average molecular weight is 238 g/mol. The molecular weight excluding hydrogens is 212 g/mol. The minimum Gasteiger partial charge on any atom is -0.345 e. The Morgan fingerprint density at radius 3 is 2.41 bits per heavy atom. The molecule has 0 bridgehead atoms. The molecule has 0 aromatic heterocycles. The van der Waals surface area contributed by atoms with E-state index in [2.05, 4.69) is 0 Å². The lowest BCUT2D eigenvalue weighted by atomic mass is 9.94. The fourth-order valence-electron chi connectivity index (χ4n) is 3.37. The van der Waals surface area contributed by atoms with E-state index < -0.39 is 0 Å². The van der Waals surface area contributed by atoms with Crippen LogP contribution in [-0.2, 0) is 4.79 Å². The summed E-state index contributed by atoms with van der Waals surface area (Å²) in [7, 11) is 1.94. The Morgan fingerprint density at radius 2 is 1.82 bits per heavy atom. The van der Waals surface area contributed by atoms with Crippen molar-refractivity contribution in [2.75, 3.05) is 13.6 Å². The van der Waals surface area contributed by atoms with Crippen LogP contribution >= 0.6 is 0 Å². The summed E-state index contributed by atoms with van der Waals surface area (Å²) in [6.07, 6.45) is 10.3. The van der Waals surface area contributed by atoms with Gasteiger partial charge < -0.3 is 10.6 Å². The third kappa shape index (κ3) is 3.44. The molecule has 0 heterocycles. The van der Waals surface area contributed by atoms with Gasteiger partial charge >= 0.3 is 0 Å². The van der Waals surface area contributed by atoms with E-state index in [1.165, 1.54) is 38.5 Å². The molecule has 0 aromatic rings. The Labute approximate surface area is 105 Å². The molecule has 2 saturated carbocycles. The molecule has 2 aliphatic rings. The van der Waals surface area contributed by atoms with Gasteiger partial charge in [-0.25, -0.2) is 0 Å². The fourth-order valence-corrected chi connectivity index (χ4v) is 3.37. The quantitative estimate of drug-likeness (QED) is 0.817. The summed E-state index contributed by atoms with van der Waals surface area (Å²) in [5.41, 5.74) is 6.07. The molecule has 3 heteroatoms. The first-order valence-corrected chi connectivity index (χ1v) is 7.12. The Balaban J connectivity index is 1.78. The molecule has 0 atom stereocenters. The molecule has 2 N–H and O–H groups in total. The van der Waals surface area contributed by atoms with E-state index in [0.29, 0.717) is 6.42 Å². The summed E-state index contributed by atoms with van der Waals surface area (Å²) in [5, 5.41) is 0. The van der Waals surface area contributed by atoms with Gasteiger partial charge in [0.15, 0.2) is 0 Å². The van der Waals surface area contributed by atoms with Gasteiger partial charge in [-0.15, -0.1) is 0 Å². The van der Waals surface area contributed by atoms with Gasteiger partial charge in [-0.2, -0.15) is 0 Å². The maximum atomic E-state index is 12.1. The molecule has 98 valence electrons. The van der Waals surface area contributed by atoms with E-state index in [-0.39, 0.29) is 11.4 Å². The van der Waals surface area contributed by atoms with Crippen molar-refractivity contribution in [1.29, 1.82) is 0 Å². The molecular formula is C14H26N2O. The van der Waals surface area contributed by atoms with Crippen molar-refractivity contribution in [2.45, 2.75) is 63.3 Å². The van der Waals surface area contributed by atoms with Crippen LogP contribution in [0, 0.1) is 5.92 Å². The number of carbonyl (C=O) groups excluding carboxylic acids is 1. The molecule has 3 nitrogen and oxygen atoms in total. The Kier molecular flexibility index (Phi) is 4.08. The van der Waals surface area contributed by atoms with Crippen LogP contribution in [0.4, 0.5) is 0 Å². The maximum absolute atomic E-state index is 12.1. The highest BCUT2D eigenvalue weighted by atomic mass is 16.2. The normalized spacial score (nSPS) is 24.1. The minimum atomic E-state index is -0.193. The second-order valence-corrected chi connectivity index (χ2v) is 6.17. The topological polar surface area (TPSA) is 46.3 Å².